The van der Waals surface area contributed by atoms with Gasteiger partial charge in [0.25, 0.3) is 10.1 Å². The van der Waals surface area contributed by atoms with Crippen LogP contribution in [0.5, 0.6) is 0 Å². The summed E-state index contributed by atoms with van der Waals surface area (Å²) in [5.74, 6) is 0. The predicted molar refractivity (Wildman–Crippen MR) is 84.4 cm³/mol. The number of ether oxygens (including phenoxy) is 1. The fourth-order valence-electron chi connectivity index (χ4n) is 1.77. The summed E-state index contributed by atoms with van der Waals surface area (Å²) in [5.41, 5.74) is 0.959. The highest BCUT2D eigenvalue weighted by Gasteiger charge is 2.16. The normalized spacial score (nSPS) is 13.2. The number of benzene rings is 1. The Labute approximate surface area is 133 Å². The number of rotatable bonds is 7. The quantitative estimate of drug-likeness (QED) is 0.569. The van der Waals surface area contributed by atoms with Gasteiger partial charge in [0.05, 0.1) is 19.5 Å². The molecule has 2 rings (SSSR count). The predicted octanol–water partition coefficient (Wildman–Crippen LogP) is 3.48. The number of halogens is 1. The first kappa shape index (κ1) is 16.5. The summed E-state index contributed by atoms with van der Waals surface area (Å²) >= 11 is 7.47. The Morgan fingerprint density at radius 3 is 2.48 bits per heavy atom. The van der Waals surface area contributed by atoms with Gasteiger partial charge < -0.3 is 4.74 Å². The van der Waals surface area contributed by atoms with Crippen molar-refractivity contribution >= 4 is 33.1 Å². The van der Waals surface area contributed by atoms with E-state index >= 15 is 0 Å². The summed E-state index contributed by atoms with van der Waals surface area (Å²) in [6, 6.07) is 11.3. The molecule has 7 heteroatoms. The van der Waals surface area contributed by atoms with E-state index in [0.717, 1.165) is 16.7 Å². The van der Waals surface area contributed by atoms with Crippen molar-refractivity contribution in [1.29, 1.82) is 0 Å². The molecule has 0 radical (unpaired) electrons. The molecule has 0 N–H and O–H groups in total. The maximum absolute atomic E-state index is 10.9. The van der Waals surface area contributed by atoms with Crippen LogP contribution < -0.4 is 0 Å². The van der Waals surface area contributed by atoms with Crippen LogP contribution in [0.25, 0.3) is 0 Å². The minimum Gasteiger partial charge on any atom is -0.365 e. The van der Waals surface area contributed by atoms with E-state index in [1.165, 1.54) is 0 Å². The summed E-state index contributed by atoms with van der Waals surface area (Å²) in [4.78, 5) is 1.04. The average Bonchev–Trinajstić information content (AvgIpc) is 2.93. The SMILES string of the molecule is CS(=O)(=O)OCCOC(c1ccc(Cl)cc1)c1cccs1. The molecular weight excluding hydrogens is 332 g/mol. The van der Waals surface area contributed by atoms with Gasteiger partial charge >= 0.3 is 0 Å². The lowest BCUT2D eigenvalue weighted by molar-refractivity contribution is 0.0596. The third-order valence-corrected chi connectivity index (χ3v) is 4.40. The molecule has 114 valence electrons. The zero-order chi connectivity index (χ0) is 15.3. The van der Waals surface area contributed by atoms with E-state index in [-0.39, 0.29) is 19.3 Å². The van der Waals surface area contributed by atoms with Crippen molar-refractivity contribution in [3.8, 4) is 0 Å². The molecule has 0 aliphatic carbocycles. The van der Waals surface area contributed by atoms with E-state index in [0.29, 0.717) is 5.02 Å². The molecule has 0 aliphatic heterocycles. The molecule has 2 aromatic rings. The lowest BCUT2D eigenvalue weighted by atomic mass is 10.1. The van der Waals surface area contributed by atoms with E-state index in [2.05, 4.69) is 4.18 Å². The third-order valence-electron chi connectivity index (χ3n) is 2.64. The van der Waals surface area contributed by atoms with E-state index < -0.39 is 10.1 Å². The van der Waals surface area contributed by atoms with Crippen LogP contribution in [-0.2, 0) is 19.0 Å². The van der Waals surface area contributed by atoms with Crippen molar-refractivity contribution in [3.63, 3.8) is 0 Å². The van der Waals surface area contributed by atoms with Gasteiger partial charge in [-0.1, -0.05) is 29.8 Å². The number of hydrogen-bond acceptors (Lipinski definition) is 5. The Balaban J connectivity index is 2.05. The summed E-state index contributed by atoms with van der Waals surface area (Å²) in [5, 5.41) is 2.62. The molecule has 0 fully saturated rings. The van der Waals surface area contributed by atoms with E-state index in [9.17, 15) is 8.42 Å². The highest BCUT2D eigenvalue weighted by molar-refractivity contribution is 7.85. The Hall–Kier alpha value is -0.920. The second kappa shape index (κ2) is 7.38. The molecule has 1 aromatic carbocycles. The molecule has 0 aliphatic rings. The molecule has 0 saturated heterocycles. The van der Waals surface area contributed by atoms with Crippen molar-refractivity contribution in [3.05, 3.63) is 57.2 Å². The van der Waals surface area contributed by atoms with E-state index in [1.807, 2.05) is 29.6 Å². The van der Waals surface area contributed by atoms with Gasteiger partial charge in [0, 0.05) is 9.90 Å². The first-order chi connectivity index (χ1) is 9.96. The smallest absolute Gasteiger partial charge is 0.264 e. The molecule has 1 unspecified atom stereocenters. The average molecular weight is 347 g/mol. The highest BCUT2D eigenvalue weighted by atomic mass is 35.5. The number of thiophene rings is 1. The fourth-order valence-corrected chi connectivity index (χ4v) is 3.07. The molecule has 0 saturated carbocycles. The maximum Gasteiger partial charge on any atom is 0.264 e. The van der Waals surface area contributed by atoms with E-state index in [4.69, 9.17) is 16.3 Å². The largest absolute Gasteiger partial charge is 0.365 e. The van der Waals surface area contributed by atoms with Gasteiger partial charge in [-0.15, -0.1) is 11.3 Å². The summed E-state index contributed by atoms with van der Waals surface area (Å²) in [6.45, 7) is 0.173. The molecule has 0 spiro atoms. The van der Waals surface area contributed by atoms with Crippen molar-refractivity contribution in [2.45, 2.75) is 6.10 Å². The third kappa shape index (κ3) is 5.41. The lowest BCUT2D eigenvalue weighted by Gasteiger charge is -2.17. The Morgan fingerprint density at radius 2 is 1.90 bits per heavy atom. The minimum absolute atomic E-state index is 0.00566. The second-order valence-corrected chi connectivity index (χ2v) is 7.40. The van der Waals surface area contributed by atoms with E-state index in [1.54, 1.807) is 23.5 Å². The van der Waals surface area contributed by atoms with Crippen molar-refractivity contribution in [2.24, 2.45) is 0 Å². The van der Waals surface area contributed by atoms with Gasteiger partial charge in [0.1, 0.15) is 6.10 Å². The van der Waals surface area contributed by atoms with Crippen LogP contribution in [0.1, 0.15) is 16.5 Å². The monoisotopic (exact) mass is 346 g/mol. The van der Waals surface area contributed by atoms with Crippen molar-refractivity contribution < 1.29 is 17.3 Å². The van der Waals surface area contributed by atoms with Crippen LogP contribution in [0.4, 0.5) is 0 Å². The zero-order valence-corrected chi connectivity index (χ0v) is 13.7. The molecule has 0 bridgehead atoms. The number of hydrogen-bond donors (Lipinski definition) is 0. The van der Waals surface area contributed by atoms with Gasteiger partial charge in [-0.05, 0) is 29.1 Å². The molecule has 1 aromatic heterocycles. The Bertz CT molecular complexity index is 651. The molecule has 4 nitrogen and oxygen atoms in total. The minimum atomic E-state index is -3.44. The molecular formula is C14H15ClO4S2. The highest BCUT2D eigenvalue weighted by Crippen LogP contribution is 2.30. The van der Waals surface area contributed by atoms with Gasteiger partial charge in [-0.2, -0.15) is 8.42 Å². The maximum atomic E-state index is 10.9. The first-order valence-electron chi connectivity index (χ1n) is 6.20. The lowest BCUT2D eigenvalue weighted by Crippen LogP contribution is -2.13. The van der Waals surface area contributed by atoms with Crippen LogP contribution in [0.15, 0.2) is 41.8 Å². The van der Waals surface area contributed by atoms with Gasteiger partial charge in [-0.3, -0.25) is 4.18 Å². The Morgan fingerprint density at radius 1 is 1.19 bits per heavy atom. The van der Waals surface area contributed by atoms with Crippen LogP contribution in [0, 0.1) is 0 Å². The fraction of sp³-hybridized carbons (Fsp3) is 0.286. The van der Waals surface area contributed by atoms with Gasteiger partial charge in [0.2, 0.25) is 0 Å². The second-order valence-electron chi connectivity index (χ2n) is 4.34. The topological polar surface area (TPSA) is 52.6 Å². The van der Waals surface area contributed by atoms with Crippen molar-refractivity contribution in [2.75, 3.05) is 19.5 Å². The van der Waals surface area contributed by atoms with Crippen LogP contribution in [0.3, 0.4) is 0 Å². The molecule has 1 atom stereocenters. The van der Waals surface area contributed by atoms with Gasteiger partial charge in [-0.25, -0.2) is 0 Å². The summed E-state index contributed by atoms with van der Waals surface area (Å²) < 4.78 is 32.3. The zero-order valence-electron chi connectivity index (χ0n) is 11.4. The summed E-state index contributed by atoms with van der Waals surface area (Å²) in [7, 11) is -3.44. The molecule has 21 heavy (non-hydrogen) atoms. The molecule has 0 amide bonds. The van der Waals surface area contributed by atoms with Crippen LogP contribution in [0.2, 0.25) is 5.02 Å². The summed E-state index contributed by atoms with van der Waals surface area (Å²) in [6.07, 6.45) is 0.758. The molecule has 1 heterocycles. The van der Waals surface area contributed by atoms with Crippen LogP contribution in [-0.4, -0.2) is 27.9 Å². The standard InChI is InChI=1S/C14H15ClO4S2/c1-21(16,17)19-9-8-18-14(13-3-2-10-20-13)11-4-6-12(15)7-5-11/h2-7,10,14H,8-9H2,1H3. The first-order valence-corrected chi connectivity index (χ1v) is 9.28. The Kier molecular flexibility index (Phi) is 5.78. The van der Waals surface area contributed by atoms with Gasteiger partial charge in [0.15, 0.2) is 0 Å². The van der Waals surface area contributed by atoms with Crippen LogP contribution >= 0.6 is 22.9 Å². The van der Waals surface area contributed by atoms with Crippen molar-refractivity contribution in [1.82, 2.24) is 0 Å².